The number of hydrogen-bond acceptors (Lipinski definition) is 4. The Kier molecular flexibility index (Phi) is 4.50. The highest BCUT2D eigenvalue weighted by Gasteiger charge is 2.38. The van der Waals surface area contributed by atoms with Crippen molar-refractivity contribution >= 4 is 23.2 Å². The van der Waals surface area contributed by atoms with Crippen molar-refractivity contribution in [1.29, 1.82) is 5.26 Å². The van der Waals surface area contributed by atoms with Crippen LogP contribution < -0.4 is 10.5 Å². The van der Waals surface area contributed by atoms with E-state index in [1.54, 1.807) is 37.3 Å². The van der Waals surface area contributed by atoms with Gasteiger partial charge in [-0.1, -0.05) is 35.3 Å². The molecule has 0 unspecified atom stereocenters. The lowest BCUT2D eigenvalue weighted by Gasteiger charge is -2.25. The van der Waals surface area contributed by atoms with Gasteiger partial charge in [0.25, 0.3) is 0 Å². The van der Waals surface area contributed by atoms with Gasteiger partial charge in [0.2, 0.25) is 11.8 Å². The number of nitriles is 1. The molecule has 0 aliphatic carbocycles. The second-order valence-electron chi connectivity index (χ2n) is 6.26. The van der Waals surface area contributed by atoms with Crippen LogP contribution in [0.5, 0.6) is 5.88 Å². The van der Waals surface area contributed by atoms with E-state index in [0.717, 1.165) is 0 Å². The van der Waals surface area contributed by atoms with Gasteiger partial charge in [-0.25, -0.2) is 9.07 Å². The first-order valence-electron chi connectivity index (χ1n) is 8.29. The average molecular weight is 415 g/mol. The molecule has 0 bridgehead atoms. The van der Waals surface area contributed by atoms with Gasteiger partial charge in [-0.2, -0.15) is 10.4 Å². The maximum Gasteiger partial charge on any atom is 0.229 e. The van der Waals surface area contributed by atoms with Crippen LogP contribution in [0, 0.1) is 24.1 Å². The highest BCUT2D eigenvalue weighted by Crippen LogP contribution is 2.47. The van der Waals surface area contributed by atoms with Crippen molar-refractivity contribution in [3.05, 3.63) is 86.6 Å². The van der Waals surface area contributed by atoms with Crippen LogP contribution in [0.2, 0.25) is 10.0 Å². The molecule has 4 rings (SSSR count). The second kappa shape index (κ2) is 6.86. The van der Waals surface area contributed by atoms with Gasteiger partial charge in [0, 0.05) is 15.6 Å². The van der Waals surface area contributed by atoms with Gasteiger partial charge in [-0.15, -0.1) is 0 Å². The summed E-state index contributed by atoms with van der Waals surface area (Å²) in [6.07, 6.45) is 0. The minimum atomic E-state index is -0.838. The number of benzene rings is 2. The van der Waals surface area contributed by atoms with Crippen LogP contribution in [0.1, 0.15) is 22.7 Å². The molecular formula is C20H13Cl2FN4O. The van der Waals surface area contributed by atoms with E-state index in [0.29, 0.717) is 27.8 Å². The Hall–Kier alpha value is -3.01. The fraction of sp³-hybridized carbons (Fsp3) is 0.100. The quantitative estimate of drug-likeness (QED) is 0.650. The second-order valence-corrected chi connectivity index (χ2v) is 7.10. The van der Waals surface area contributed by atoms with Crippen LogP contribution in [0.4, 0.5) is 4.39 Å². The Morgan fingerprint density at radius 1 is 1.21 bits per heavy atom. The highest BCUT2D eigenvalue weighted by atomic mass is 35.5. The summed E-state index contributed by atoms with van der Waals surface area (Å²) in [5, 5.41) is 14.9. The maximum atomic E-state index is 14.7. The molecule has 0 radical (unpaired) electrons. The average Bonchev–Trinajstić information content (AvgIpc) is 2.97. The zero-order valence-electron chi connectivity index (χ0n) is 14.6. The van der Waals surface area contributed by atoms with Crippen molar-refractivity contribution in [2.75, 3.05) is 0 Å². The molecule has 1 aliphatic rings. The third-order valence-electron chi connectivity index (χ3n) is 4.57. The summed E-state index contributed by atoms with van der Waals surface area (Å²) >= 11 is 12.4. The molecule has 2 heterocycles. The Morgan fingerprint density at radius 3 is 2.64 bits per heavy atom. The summed E-state index contributed by atoms with van der Waals surface area (Å²) in [6, 6.07) is 13.4. The lowest BCUT2D eigenvalue weighted by atomic mass is 9.84. The first-order valence-corrected chi connectivity index (χ1v) is 9.05. The molecule has 0 spiro atoms. The third kappa shape index (κ3) is 2.80. The first-order chi connectivity index (χ1) is 13.4. The summed E-state index contributed by atoms with van der Waals surface area (Å²) < 4.78 is 22.0. The van der Waals surface area contributed by atoms with Crippen LogP contribution in [0.15, 0.2) is 53.9 Å². The third-order valence-corrected chi connectivity index (χ3v) is 5.14. The van der Waals surface area contributed by atoms with Gasteiger partial charge in [0.15, 0.2) is 0 Å². The molecule has 28 heavy (non-hydrogen) atoms. The Balaban J connectivity index is 2.02. The molecule has 0 fully saturated rings. The summed E-state index contributed by atoms with van der Waals surface area (Å²) in [5.41, 5.74) is 7.98. The van der Waals surface area contributed by atoms with E-state index >= 15 is 0 Å². The largest absolute Gasteiger partial charge is 0.422 e. The lowest BCUT2D eigenvalue weighted by molar-refractivity contribution is 0.366. The number of nitrogens with two attached hydrogens (primary N) is 1. The van der Waals surface area contributed by atoms with Crippen molar-refractivity contribution in [2.24, 2.45) is 5.73 Å². The van der Waals surface area contributed by atoms with Crippen molar-refractivity contribution in [3.8, 4) is 17.6 Å². The number of nitrogens with zero attached hydrogens (tertiary/aromatic N) is 3. The summed E-state index contributed by atoms with van der Waals surface area (Å²) in [6.45, 7) is 1.75. The van der Waals surface area contributed by atoms with Gasteiger partial charge in [-0.3, -0.25) is 0 Å². The van der Waals surface area contributed by atoms with Crippen molar-refractivity contribution in [1.82, 2.24) is 9.78 Å². The molecule has 2 N–H and O–H groups in total. The molecule has 1 aromatic heterocycles. The van der Waals surface area contributed by atoms with Crippen LogP contribution in [0.3, 0.4) is 0 Å². The predicted molar refractivity (Wildman–Crippen MR) is 104 cm³/mol. The van der Waals surface area contributed by atoms with Crippen molar-refractivity contribution < 1.29 is 9.13 Å². The molecule has 8 heteroatoms. The molecule has 0 saturated carbocycles. The zero-order chi connectivity index (χ0) is 20.0. The number of ether oxygens (including phenoxy) is 1. The fourth-order valence-corrected chi connectivity index (χ4v) is 3.83. The van der Waals surface area contributed by atoms with Gasteiger partial charge in [0.05, 0.1) is 22.9 Å². The number of allylic oxidation sites excluding steroid dienone is 1. The van der Waals surface area contributed by atoms with Gasteiger partial charge < -0.3 is 10.5 Å². The first kappa shape index (κ1) is 18.4. The molecule has 0 saturated heterocycles. The van der Waals surface area contributed by atoms with Crippen LogP contribution in [-0.2, 0) is 0 Å². The Bertz CT molecular complexity index is 1160. The molecular weight excluding hydrogens is 402 g/mol. The van der Waals surface area contributed by atoms with E-state index in [1.807, 2.05) is 6.07 Å². The molecule has 1 atom stereocenters. The Morgan fingerprint density at radius 2 is 1.96 bits per heavy atom. The number of hydrogen-bond donors (Lipinski definition) is 1. The van der Waals surface area contributed by atoms with Gasteiger partial charge >= 0.3 is 0 Å². The molecule has 140 valence electrons. The standard InChI is InChI=1S/C20H13Cl2FN4O/c1-10-16-17(18-14(22)6-3-7-15(18)23)13(9-24)19(25)28-20(16)27(26-10)12-5-2-4-11(21)8-12/h2-8,17H,25H2,1H3/t17-/m1/s1. The molecule has 0 amide bonds. The Labute approximate surface area is 170 Å². The van der Waals surface area contributed by atoms with E-state index in [2.05, 4.69) is 5.10 Å². The smallest absolute Gasteiger partial charge is 0.229 e. The monoisotopic (exact) mass is 414 g/mol. The number of aryl methyl sites for hydroxylation is 1. The van der Waals surface area contributed by atoms with Gasteiger partial charge in [-0.05, 0) is 37.3 Å². The van der Waals surface area contributed by atoms with E-state index in [4.69, 9.17) is 33.7 Å². The number of halogens is 3. The summed E-state index contributed by atoms with van der Waals surface area (Å²) in [7, 11) is 0. The normalized spacial score (nSPS) is 15.8. The van der Waals surface area contributed by atoms with E-state index in [9.17, 15) is 9.65 Å². The number of rotatable bonds is 2. The molecule has 3 aromatic rings. The van der Waals surface area contributed by atoms with E-state index < -0.39 is 11.7 Å². The minimum absolute atomic E-state index is 0.0771. The minimum Gasteiger partial charge on any atom is -0.422 e. The SMILES string of the molecule is Cc1nn(-c2cccc(Cl)c2)c2c1[C@H](c1c(F)cccc1Cl)C(C#N)=C(N)O2. The number of fused-ring (bicyclic) bond motifs is 1. The van der Waals surface area contributed by atoms with Crippen LogP contribution >= 0.6 is 23.2 Å². The van der Waals surface area contributed by atoms with Crippen LogP contribution in [-0.4, -0.2) is 9.78 Å². The molecule has 1 aliphatic heterocycles. The number of aromatic nitrogens is 2. The van der Waals surface area contributed by atoms with Gasteiger partial charge in [0.1, 0.15) is 17.5 Å². The van der Waals surface area contributed by atoms with Crippen LogP contribution in [0.25, 0.3) is 5.69 Å². The van der Waals surface area contributed by atoms with E-state index in [1.165, 1.54) is 16.8 Å². The maximum absolute atomic E-state index is 14.7. The van der Waals surface area contributed by atoms with Crippen molar-refractivity contribution in [3.63, 3.8) is 0 Å². The predicted octanol–water partition coefficient (Wildman–Crippen LogP) is 4.84. The summed E-state index contributed by atoms with van der Waals surface area (Å²) in [4.78, 5) is 0. The highest BCUT2D eigenvalue weighted by molar-refractivity contribution is 6.31. The molecule has 2 aromatic carbocycles. The van der Waals surface area contributed by atoms with E-state index in [-0.39, 0.29) is 22.0 Å². The molecule has 5 nitrogen and oxygen atoms in total. The fourth-order valence-electron chi connectivity index (χ4n) is 3.37. The lowest BCUT2D eigenvalue weighted by Crippen LogP contribution is -2.22. The van der Waals surface area contributed by atoms with Crippen molar-refractivity contribution in [2.45, 2.75) is 12.8 Å². The zero-order valence-corrected chi connectivity index (χ0v) is 16.1. The summed E-state index contributed by atoms with van der Waals surface area (Å²) in [5.74, 6) is -1.21. The topological polar surface area (TPSA) is 76.9 Å².